The molecule has 3 aromatic rings. The first-order chi connectivity index (χ1) is 15.8. The number of rotatable bonds is 9. The van der Waals surface area contributed by atoms with E-state index in [1.165, 1.54) is 0 Å². The Morgan fingerprint density at radius 1 is 1.09 bits per heavy atom. The molecule has 0 radical (unpaired) electrons. The highest BCUT2D eigenvalue weighted by atomic mass is 16.5. The van der Waals surface area contributed by atoms with Crippen molar-refractivity contribution in [3.05, 3.63) is 70.3 Å². The summed E-state index contributed by atoms with van der Waals surface area (Å²) in [6.07, 6.45) is 0. The number of hydrogen-bond acceptors (Lipinski definition) is 5. The highest BCUT2D eigenvalue weighted by molar-refractivity contribution is 5.97. The number of benzene rings is 2. The highest BCUT2D eigenvalue weighted by Crippen LogP contribution is 2.14. The van der Waals surface area contributed by atoms with Crippen LogP contribution < -0.4 is 15.6 Å². The van der Waals surface area contributed by atoms with Gasteiger partial charge in [-0.3, -0.25) is 14.4 Å². The third kappa shape index (κ3) is 5.77. The van der Waals surface area contributed by atoms with Gasteiger partial charge in [0, 0.05) is 12.1 Å². The van der Waals surface area contributed by atoms with Gasteiger partial charge in [0.25, 0.3) is 11.5 Å². The average Bonchev–Trinajstić information content (AvgIpc) is 2.81. The Morgan fingerprint density at radius 3 is 2.42 bits per heavy atom. The minimum Gasteiger partial charge on any atom is -0.494 e. The molecule has 0 aliphatic carbocycles. The van der Waals surface area contributed by atoms with E-state index in [1.54, 1.807) is 47.4 Å². The number of aromatic amines is 1. The van der Waals surface area contributed by atoms with Crippen molar-refractivity contribution in [3.63, 3.8) is 0 Å². The molecule has 1 aromatic heterocycles. The topological polar surface area (TPSA) is 104 Å². The molecule has 0 saturated heterocycles. The monoisotopic (exact) mass is 450 g/mol. The van der Waals surface area contributed by atoms with Crippen molar-refractivity contribution in [2.24, 2.45) is 5.92 Å². The zero-order chi connectivity index (χ0) is 24.0. The van der Waals surface area contributed by atoms with Crippen LogP contribution >= 0.6 is 0 Å². The Hall–Kier alpha value is -3.68. The molecule has 33 heavy (non-hydrogen) atoms. The first kappa shape index (κ1) is 24.0. The number of carbonyl (C=O) groups is 2. The first-order valence-corrected chi connectivity index (χ1v) is 11.1. The Morgan fingerprint density at radius 2 is 1.79 bits per heavy atom. The van der Waals surface area contributed by atoms with Crippen LogP contribution in [-0.4, -0.2) is 45.9 Å². The Bertz CT molecular complexity index is 1170. The lowest BCUT2D eigenvalue weighted by Crippen LogP contribution is -2.51. The summed E-state index contributed by atoms with van der Waals surface area (Å²) < 4.78 is 5.41. The molecule has 2 aromatic carbocycles. The van der Waals surface area contributed by atoms with Crippen molar-refractivity contribution < 1.29 is 14.3 Å². The number of fused-ring (bicyclic) bond motifs is 1. The third-order valence-electron chi connectivity index (χ3n) is 5.34. The summed E-state index contributed by atoms with van der Waals surface area (Å²) in [6.45, 7) is 8.58. The lowest BCUT2D eigenvalue weighted by molar-refractivity contribution is -0.134. The lowest BCUT2D eigenvalue weighted by atomic mass is 10.0. The average molecular weight is 451 g/mol. The Balaban J connectivity index is 1.77. The number of carbonyl (C=O) groups excluding carboxylic acids is 2. The molecule has 0 fully saturated rings. The van der Waals surface area contributed by atoms with E-state index in [9.17, 15) is 14.4 Å². The molecule has 3 rings (SSSR count). The predicted molar refractivity (Wildman–Crippen MR) is 127 cm³/mol. The van der Waals surface area contributed by atoms with Crippen LogP contribution in [-0.2, 0) is 11.3 Å². The molecular formula is C25H30N4O4. The van der Waals surface area contributed by atoms with E-state index >= 15 is 0 Å². The van der Waals surface area contributed by atoms with Crippen LogP contribution in [0.2, 0.25) is 0 Å². The van der Waals surface area contributed by atoms with Crippen LogP contribution in [0.3, 0.4) is 0 Å². The molecule has 8 heteroatoms. The molecule has 0 aliphatic rings. The van der Waals surface area contributed by atoms with Gasteiger partial charge < -0.3 is 19.9 Å². The van der Waals surface area contributed by atoms with Gasteiger partial charge in [-0.1, -0.05) is 26.0 Å². The molecule has 1 heterocycles. The van der Waals surface area contributed by atoms with E-state index in [1.807, 2.05) is 33.8 Å². The summed E-state index contributed by atoms with van der Waals surface area (Å²) in [5.41, 5.74) is 0.771. The van der Waals surface area contributed by atoms with Gasteiger partial charge in [-0.2, -0.15) is 0 Å². The molecule has 1 atom stereocenters. The zero-order valence-electron chi connectivity index (χ0n) is 19.4. The normalized spacial score (nSPS) is 11.9. The minimum atomic E-state index is -0.726. The van der Waals surface area contributed by atoms with Gasteiger partial charge in [0.1, 0.15) is 17.6 Å². The Labute approximate surface area is 193 Å². The fourth-order valence-electron chi connectivity index (χ4n) is 3.54. The van der Waals surface area contributed by atoms with Crippen molar-refractivity contribution in [1.29, 1.82) is 0 Å². The summed E-state index contributed by atoms with van der Waals surface area (Å²) in [7, 11) is 0. The molecule has 0 unspecified atom stereocenters. The number of H-pyrrole nitrogens is 1. The summed E-state index contributed by atoms with van der Waals surface area (Å²) in [5, 5.41) is 3.36. The first-order valence-electron chi connectivity index (χ1n) is 11.1. The fraction of sp³-hybridized carbons (Fsp3) is 0.360. The standard InChI is InChI=1S/C25H30N4O4/c1-5-29(15-21-26-20-10-8-7-9-19(20)24(31)27-21)25(32)22(16(3)4)28-23(30)17-11-13-18(14-12-17)33-6-2/h7-14,16,22H,5-6,15H2,1-4H3,(H,28,30)(H,26,27,31)/t22-/m0/s1. The van der Waals surface area contributed by atoms with Crippen molar-refractivity contribution in [3.8, 4) is 5.75 Å². The number of nitrogens with zero attached hydrogens (tertiary/aromatic N) is 2. The van der Waals surface area contributed by atoms with E-state index in [4.69, 9.17) is 4.74 Å². The van der Waals surface area contributed by atoms with Crippen LogP contribution in [0.1, 0.15) is 43.9 Å². The van der Waals surface area contributed by atoms with E-state index in [0.717, 1.165) is 0 Å². The van der Waals surface area contributed by atoms with Crippen molar-refractivity contribution >= 4 is 22.7 Å². The number of ether oxygens (including phenoxy) is 1. The number of para-hydroxylation sites is 1. The largest absolute Gasteiger partial charge is 0.494 e. The molecule has 0 aliphatic heterocycles. The SMILES string of the molecule is CCOc1ccc(C(=O)N[C@H](C(=O)N(CC)Cc2nc3ccccc3c(=O)[nH]2)C(C)C)cc1. The van der Waals surface area contributed by atoms with Crippen LogP contribution in [0.25, 0.3) is 10.9 Å². The van der Waals surface area contributed by atoms with Gasteiger partial charge in [-0.25, -0.2) is 4.98 Å². The number of aromatic nitrogens is 2. The number of nitrogens with one attached hydrogen (secondary N) is 2. The van der Waals surface area contributed by atoms with Crippen LogP contribution in [0.15, 0.2) is 53.3 Å². The van der Waals surface area contributed by atoms with E-state index < -0.39 is 6.04 Å². The van der Waals surface area contributed by atoms with Crippen molar-refractivity contribution in [2.45, 2.75) is 40.3 Å². The number of likely N-dealkylation sites (N-methyl/N-ethyl adjacent to an activating group) is 1. The molecule has 174 valence electrons. The van der Waals surface area contributed by atoms with Crippen LogP contribution in [0.4, 0.5) is 0 Å². The number of amides is 2. The van der Waals surface area contributed by atoms with E-state index in [0.29, 0.717) is 41.2 Å². The molecule has 0 saturated carbocycles. The molecule has 2 amide bonds. The second-order valence-electron chi connectivity index (χ2n) is 8.03. The van der Waals surface area contributed by atoms with Crippen LogP contribution in [0.5, 0.6) is 5.75 Å². The van der Waals surface area contributed by atoms with Gasteiger partial charge in [-0.05, 0) is 56.2 Å². The van der Waals surface area contributed by atoms with Crippen molar-refractivity contribution in [1.82, 2.24) is 20.2 Å². The van der Waals surface area contributed by atoms with E-state index in [-0.39, 0.29) is 29.8 Å². The maximum atomic E-state index is 13.3. The highest BCUT2D eigenvalue weighted by Gasteiger charge is 2.29. The van der Waals surface area contributed by atoms with Crippen LogP contribution in [0, 0.1) is 5.92 Å². The molecule has 0 bridgehead atoms. The van der Waals surface area contributed by atoms with E-state index in [2.05, 4.69) is 15.3 Å². The molecule has 0 spiro atoms. The second kappa shape index (κ2) is 10.8. The summed E-state index contributed by atoms with van der Waals surface area (Å²) in [4.78, 5) is 47.4. The quantitative estimate of drug-likeness (QED) is 0.521. The molecule has 8 nitrogen and oxygen atoms in total. The Kier molecular flexibility index (Phi) is 7.82. The summed E-state index contributed by atoms with van der Waals surface area (Å²) in [6, 6.07) is 13.1. The molecule has 2 N–H and O–H groups in total. The maximum Gasteiger partial charge on any atom is 0.258 e. The fourth-order valence-corrected chi connectivity index (χ4v) is 3.54. The van der Waals surface area contributed by atoms with Crippen molar-refractivity contribution in [2.75, 3.05) is 13.2 Å². The lowest BCUT2D eigenvalue weighted by Gasteiger charge is -2.28. The molecular weight excluding hydrogens is 420 g/mol. The number of hydrogen-bond donors (Lipinski definition) is 2. The van der Waals surface area contributed by atoms with Gasteiger partial charge in [0.05, 0.1) is 24.1 Å². The van der Waals surface area contributed by atoms with Gasteiger partial charge in [-0.15, -0.1) is 0 Å². The second-order valence-corrected chi connectivity index (χ2v) is 8.03. The third-order valence-corrected chi connectivity index (χ3v) is 5.34. The van der Waals surface area contributed by atoms with Gasteiger partial charge >= 0.3 is 0 Å². The maximum absolute atomic E-state index is 13.3. The minimum absolute atomic E-state index is 0.136. The van der Waals surface area contributed by atoms with Gasteiger partial charge in [0.15, 0.2) is 0 Å². The predicted octanol–water partition coefficient (Wildman–Crippen LogP) is 3.12. The smallest absolute Gasteiger partial charge is 0.258 e. The summed E-state index contributed by atoms with van der Waals surface area (Å²) >= 11 is 0. The summed E-state index contributed by atoms with van der Waals surface area (Å²) in [5.74, 6) is 0.372. The van der Waals surface area contributed by atoms with Gasteiger partial charge in [0.2, 0.25) is 5.91 Å². The zero-order valence-corrected chi connectivity index (χ0v) is 19.4.